The number of aryl methyl sites for hydroxylation is 4. The Balaban J connectivity index is 2.42. The van der Waals surface area contributed by atoms with Crippen LogP contribution in [0.1, 0.15) is 27.8 Å². The SMILES string of the molecule is COc1cc(C)c(CS(=O)(=O)O)cc1P(c1cccc(C)c1)c1cc(S(=O)(=O)OC)c(C)cc1C. The molecule has 0 spiro atoms. The van der Waals surface area contributed by atoms with Gasteiger partial charge in [-0.2, -0.15) is 16.8 Å². The number of methoxy groups -OCH3 is 1. The van der Waals surface area contributed by atoms with Crippen LogP contribution in [0.25, 0.3) is 0 Å². The molecule has 35 heavy (non-hydrogen) atoms. The molecule has 0 aliphatic carbocycles. The van der Waals surface area contributed by atoms with E-state index in [1.165, 1.54) is 7.11 Å². The highest BCUT2D eigenvalue weighted by Crippen LogP contribution is 2.40. The maximum absolute atomic E-state index is 12.7. The average Bonchev–Trinajstić information content (AvgIpc) is 2.76. The monoisotopic (exact) mass is 536 g/mol. The minimum absolute atomic E-state index is 0.0741. The molecule has 0 saturated heterocycles. The second-order valence-corrected chi connectivity index (χ2v) is 13.7. The molecule has 1 N–H and O–H groups in total. The summed E-state index contributed by atoms with van der Waals surface area (Å²) in [6.07, 6.45) is 0. The van der Waals surface area contributed by atoms with Gasteiger partial charge in [0.25, 0.3) is 20.2 Å². The summed E-state index contributed by atoms with van der Waals surface area (Å²) in [7, 11) is -6.95. The van der Waals surface area contributed by atoms with Gasteiger partial charge in [-0.25, -0.2) is 0 Å². The van der Waals surface area contributed by atoms with Crippen LogP contribution in [-0.2, 0) is 30.2 Å². The van der Waals surface area contributed by atoms with E-state index in [4.69, 9.17) is 8.92 Å². The molecule has 0 aliphatic heterocycles. The Labute approximate surface area is 208 Å². The van der Waals surface area contributed by atoms with Gasteiger partial charge in [0.2, 0.25) is 0 Å². The van der Waals surface area contributed by atoms with Gasteiger partial charge in [0.05, 0.1) is 19.1 Å². The standard InChI is InChI=1S/C25H29O7PS2/c1-16-8-7-9-21(10-16)33(23-14-25(35(29,30)32-6)19(4)11-18(23)3)24-13-20(15-34(26,27)28)17(2)12-22(24)31-5/h7-14H,15H2,1-6H3,(H,26,27,28). The van der Waals surface area contributed by atoms with E-state index in [1.807, 2.05) is 44.2 Å². The summed E-state index contributed by atoms with van der Waals surface area (Å²) in [5.74, 6) is 0.00791. The Kier molecular flexibility index (Phi) is 8.09. The largest absolute Gasteiger partial charge is 0.496 e. The van der Waals surface area contributed by atoms with E-state index in [0.717, 1.165) is 28.8 Å². The molecule has 0 bridgehead atoms. The topological polar surface area (TPSA) is 107 Å². The van der Waals surface area contributed by atoms with Crippen molar-refractivity contribution < 1.29 is 30.3 Å². The Morgan fingerprint density at radius 2 is 1.51 bits per heavy atom. The van der Waals surface area contributed by atoms with Crippen LogP contribution in [0.15, 0.2) is 53.4 Å². The predicted octanol–water partition coefficient (Wildman–Crippen LogP) is 3.41. The van der Waals surface area contributed by atoms with Gasteiger partial charge >= 0.3 is 0 Å². The van der Waals surface area contributed by atoms with Crippen LogP contribution < -0.4 is 20.7 Å². The number of benzene rings is 3. The van der Waals surface area contributed by atoms with Gasteiger partial charge in [-0.15, -0.1) is 0 Å². The fourth-order valence-electron chi connectivity index (χ4n) is 4.00. The summed E-state index contributed by atoms with van der Waals surface area (Å²) in [5.41, 5.74) is 3.57. The molecule has 0 aliphatic rings. The van der Waals surface area contributed by atoms with E-state index in [-0.39, 0.29) is 4.90 Å². The van der Waals surface area contributed by atoms with Crippen molar-refractivity contribution in [2.24, 2.45) is 0 Å². The first-order chi connectivity index (χ1) is 16.3. The number of rotatable bonds is 8. The molecule has 1 atom stereocenters. The smallest absolute Gasteiger partial charge is 0.296 e. The molecule has 10 heteroatoms. The first-order valence-electron chi connectivity index (χ1n) is 10.7. The molecule has 0 saturated carbocycles. The van der Waals surface area contributed by atoms with Crippen molar-refractivity contribution in [3.8, 4) is 5.75 Å². The first-order valence-corrected chi connectivity index (χ1v) is 15.0. The van der Waals surface area contributed by atoms with Gasteiger partial charge in [-0.1, -0.05) is 35.9 Å². The number of hydrogen-bond donors (Lipinski definition) is 1. The molecule has 0 aromatic heterocycles. The lowest BCUT2D eigenvalue weighted by Crippen LogP contribution is -2.26. The van der Waals surface area contributed by atoms with Gasteiger partial charge in [0.15, 0.2) is 0 Å². The molecular formula is C25H29O7PS2. The average molecular weight is 537 g/mol. The van der Waals surface area contributed by atoms with Crippen LogP contribution in [0.2, 0.25) is 0 Å². The van der Waals surface area contributed by atoms with Gasteiger partial charge in [-0.05, 0) is 86.7 Å². The quantitative estimate of drug-likeness (QED) is 0.267. The van der Waals surface area contributed by atoms with Gasteiger partial charge in [0, 0.05) is 5.30 Å². The van der Waals surface area contributed by atoms with Crippen LogP contribution in [0.4, 0.5) is 0 Å². The highest BCUT2D eigenvalue weighted by molar-refractivity contribution is 7.87. The Hall–Kier alpha value is -2.29. The summed E-state index contributed by atoms with van der Waals surface area (Å²) < 4.78 is 68.8. The third-order valence-electron chi connectivity index (χ3n) is 5.70. The molecule has 3 aromatic rings. The summed E-state index contributed by atoms with van der Waals surface area (Å²) in [6, 6.07) is 14.8. The van der Waals surface area contributed by atoms with Crippen molar-refractivity contribution >= 4 is 44.1 Å². The molecule has 0 heterocycles. The lowest BCUT2D eigenvalue weighted by Gasteiger charge is -2.26. The van der Waals surface area contributed by atoms with Crippen LogP contribution >= 0.6 is 7.92 Å². The third kappa shape index (κ3) is 6.11. The molecule has 1 unspecified atom stereocenters. The molecule has 3 aromatic carbocycles. The fourth-order valence-corrected chi connectivity index (χ4v) is 8.41. The zero-order valence-corrected chi connectivity index (χ0v) is 23.0. The zero-order chi connectivity index (χ0) is 26.1. The Morgan fingerprint density at radius 3 is 2.09 bits per heavy atom. The minimum Gasteiger partial charge on any atom is -0.496 e. The Bertz CT molecular complexity index is 1480. The third-order valence-corrected chi connectivity index (χ3v) is 10.4. The molecule has 0 amide bonds. The summed E-state index contributed by atoms with van der Waals surface area (Å²) in [6.45, 7) is 7.35. The van der Waals surface area contributed by atoms with Crippen molar-refractivity contribution in [1.82, 2.24) is 0 Å². The highest BCUT2D eigenvalue weighted by Gasteiger charge is 2.27. The number of hydrogen-bond acceptors (Lipinski definition) is 6. The molecule has 3 rings (SSSR count). The molecular weight excluding hydrogens is 507 g/mol. The summed E-state index contributed by atoms with van der Waals surface area (Å²) in [4.78, 5) is 0.0741. The Morgan fingerprint density at radius 1 is 0.829 bits per heavy atom. The van der Waals surface area contributed by atoms with Crippen LogP contribution in [-0.4, -0.2) is 35.6 Å². The predicted molar refractivity (Wildman–Crippen MR) is 140 cm³/mol. The van der Waals surface area contributed by atoms with Gasteiger partial charge in [0.1, 0.15) is 11.5 Å². The van der Waals surface area contributed by atoms with Crippen molar-refractivity contribution in [1.29, 1.82) is 0 Å². The van der Waals surface area contributed by atoms with E-state index in [1.54, 1.807) is 32.0 Å². The fraction of sp³-hybridized carbons (Fsp3) is 0.280. The van der Waals surface area contributed by atoms with Crippen molar-refractivity contribution in [3.63, 3.8) is 0 Å². The van der Waals surface area contributed by atoms with E-state index < -0.39 is 33.9 Å². The second kappa shape index (κ2) is 10.4. The lowest BCUT2D eigenvalue weighted by molar-refractivity contribution is 0.397. The van der Waals surface area contributed by atoms with Crippen LogP contribution in [0.5, 0.6) is 5.75 Å². The van der Waals surface area contributed by atoms with Gasteiger partial charge < -0.3 is 4.74 Å². The van der Waals surface area contributed by atoms with E-state index >= 15 is 0 Å². The normalized spacial score (nSPS) is 13.0. The highest BCUT2D eigenvalue weighted by atomic mass is 32.2. The minimum atomic E-state index is -4.27. The maximum atomic E-state index is 12.7. The van der Waals surface area contributed by atoms with E-state index in [2.05, 4.69) is 0 Å². The summed E-state index contributed by atoms with van der Waals surface area (Å²) >= 11 is 0. The van der Waals surface area contributed by atoms with Crippen molar-refractivity contribution in [2.45, 2.75) is 38.3 Å². The van der Waals surface area contributed by atoms with Crippen molar-refractivity contribution in [3.05, 3.63) is 76.3 Å². The molecule has 7 nitrogen and oxygen atoms in total. The molecule has 188 valence electrons. The summed E-state index contributed by atoms with van der Waals surface area (Å²) in [5, 5.41) is 2.42. The second-order valence-electron chi connectivity index (χ2n) is 8.38. The number of ether oxygens (including phenoxy) is 1. The van der Waals surface area contributed by atoms with E-state index in [0.29, 0.717) is 27.7 Å². The molecule has 0 radical (unpaired) electrons. The van der Waals surface area contributed by atoms with Crippen molar-refractivity contribution in [2.75, 3.05) is 14.2 Å². The van der Waals surface area contributed by atoms with Crippen LogP contribution in [0.3, 0.4) is 0 Å². The molecule has 0 fully saturated rings. The van der Waals surface area contributed by atoms with Crippen LogP contribution in [0, 0.1) is 27.7 Å². The maximum Gasteiger partial charge on any atom is 0.296 e. The zero-order valence-electron chi connectivity index (χ0n) is 20.5. The first kappa shape index (κ1) is 27.3. The van der Waals surface area contributed by atoms with E-state index in [9.17, 15) is 21.4 Å². The lowest BCUT2D eigenvalue weighted by atomic mass is 10.1. The van der Waals surface area contributed by atoms with Gasteiger partial charge in [-0.3, -0.25) is 8.74 Å².